The Morgan fingerprint density at radius 3 is 1.95 bits per heavy atom. The Morgan fingerprint density at radius 2 is 1.58 bits per heavy atom. The topological polar surface area (TPSA) is 20.3 Å². The van der Waals surface area contributed by atoms with Crippen molar-refractivity contribution in [2.24, 2.45) is 23.2 Å². The molecule has 1 atom stereocenters. The molecule has 0 radical (unpaired) electrons. The maximum absolute atomic E-state index is 14.9. The average Bonchev–Trinajstić information content (AvgIpc) is 2.24. The van der Waals surface area contributed by atoms with Gasteiger partial charge in [-0.3, -0.25) is 4.79 Å². The summed E-state index contributed by atoms with van der Waals surface area (Å²) in [7, 11) is 3.31. The van der Waals surface area contributed by atoms with Gasteiger partial charge >= 0.3 is 0 Å². The Kier molecular flexibility index (Phi) is 2.96. The van der Waals surface area contributed by atoms with Gasteiger partial charge < -0.3 is 4.90 Å². The van der Waals surface area contributed by atoms with Crippen molar-refractivity contribution in [2.45, 2.75) is 57.5 Å². The van der Waals surface area contributed by atoms with Crippen LogP contribution in [0, 0.1) is 23.2 Å². The number of amides is 1. The number of halogens is 1. The molecule has 0 aliphatic heterocycles. The second kappa shape index (κ2) is 4.20. The van der Waals surface area contributed by atoms with E-state index in [2.05, 4.69) is 0 Å². The highest BCUT2D eigenvalue weighted by Crippen LogP contribution is 2.62. The van der Waals surface area contributed by atoms with Gasteiger partial charge in [0.2, 0.25) is 0 Å². The molecule has 1 amide bonds. The number of hydrogen-bond acceptors (Lipinski definition) is 1. The van der Waals surface area contributed by atoms with E-state index in [1.807, 2.05) is 0 Å². The third kappa shape index (κ3) is 2.30. The Balaban J connectivity index is 1.77. The molecular formula is C16H26FNO. The van der Waals surface area contributed by atoms with Gasteiger partial charge in [-0.2, -0.15) is 0 Å². The first kappa shape index (κ1) is 13.4. The van der Waals surface area contributed by atoms with Crippen molar-refractivity contribution in [3.8, 4) is 0 Å². The molecule has 4 rings (SSSR count). The van der Waals surface area contributed by atoms with Crippen LogP contribution in [0.25, 0.3) is 0 Å². The third-order valence-corrected chi connectivity index (χ3v) is 5.72. The summed E-state index contributed by atoms with van der Waals surface area (Å²) in [6, 6.07) is 0. The van der Waals surface area contributed by atoms with Gasteiger partial charge in [0, 0.05) is 14.1 Å². The fraction of sp³-hybridized carbons (Fsp3) is 0.938. The van der Waals surface area contributed by atoms with E-state index >= 15 is 0 Å². The first-order valence-electron chi connectivity index (χ1n) is 7.70. The summed E-state index contributed by atoms with van der Waals surface area (Å²) in [6.45, 7) is 1.49. The molecule has 1 unspecified atom stereocenters. The van der Waals surface area contributed by atoms with E-state index in [1.165, 1.54) is 50.3 Å². The maximum Gasteiger partial charge on any atom is 0.259 e. The molecule has 2 nitrogen and oxygen atoms in total. The second-order valence-electron chi connectivity index (χ2n) is 7.99. The number of hydrogen-bond donors (Lipinski definition) is 0. The number of nitrogens with zero attached hydrogens (tertiary/aromatic N) is 1. The standard InChI is InChI=1S/C16H26FNO/c1-15(17,14(19)18(2)3)10-16-7-11-4-12(8-16)6-13(5-11)9-16/h11-13H,4-10H2,1-3H3. The second-order valence-corrected chi connectivity index (χ2v) is 7.99. The van der Waals surface area contributed by atoms with Gasteiger partial charge in [0.15, 0.2) is 5.67 Å². The lowest BCUT2D eigenvalue weighted by Crippen LogP contribution is -2.51. The predicted molar refractivity (Wildman–Crippen MR) is 73.4 cm³/mol. The van der Waals surface area contributed by atoms with Crippen molar-refractivity contribution >= 4 is 5.91 Å². The van der Waals surface area contributed by atoms with Crippen molar-refractivity contribution in [3.63, 3.8) is 0 Å². The van der Waals surface area contributed by atoms with Gasteiger partial charge in [-0.05, 0) is 75.0 Å². The molecule has 0 spiro atoms. The summed E-state index contributed by atoms with van der Waals surface area (Å²) in [5.41, 5.74) is -1.56. The van der Waals surface area contributed by atoms with Crippen LogP contribution in [0.4, 0.5) is 4.39 Å². The molecule has 4 aliphatic rings. The van der Waals surface area contributed by atoms with Gasteiger partial charge in [-0.25, -0.2) is 4.39 Å². The highest BCUT2D eigenvalue weighted by molar-refractivity contribution is 5.84. The lowest BCUT2D eigenvalue weighted by atomic mass is 9.48. The van der Waals surface area contributed by atoms with Gasteiger partial charge in [0.05, 0.1) is 0 Å². The lowest BCUT2D eigenvalue weighted by molar-refractivity contribution is -0.147. The van der Waals surface area contributed by atoms with Crippen LogP contribution in [0.2, 0.25) is 0 Å². The molecule has 0 aromatic rings. The molecule has 0 N–H and O–H groups in total. The van der Waals surface area contributed by atoms with Crippen LogP contribution in [0.15, 0.2) is 0 Å². The Hall–Kier alpha value is -0.600. The van der Waals surface area contributed by atoms with Crippen LogP contribution < -0.4 is 0 Å². The molecule has 0 aromatic heterocycles. The van der Waals surface area contributed by atoms with Gasteiger partial charge in [-0.1, -0.05) is 0 Å². The number of carbonyl (C=O) groups is 1. The highest BCUT2D eigenvalue weighted by atomic mass is 19.1. The quantitative estimate of drug-likeness (QED) is 0.767. The summed E-state index contributed by atoms with van der Waals surface area (Å²) >= 11 is 0. The van der Waals surface area contributed by atoms with Gasteiger partial charge in [0.25, 0.3) is 5.91 Å². The van der Waals surface area contributed by atoms with Crippen LogP contribution >= 0.6 is 0 Å². The van der Waals surface area contributed by atoms with Crippen molar-refractivity contribution in [2.75, 3.05) is 14.1 Å². The number of alkyl halides is 1. The molecule has 108 valence electrons. The molecule has 3 heteroatoms. The first-order chi connectivity index (χ1) is 8.80. The summed E-state index contributed by atoms with van der Waals surface area (Å²) in [5, 5.41) is 0. The molecule has 0 heterocycles. The molecule has 4 fully saturated rings. The van der Waals surface area contributed by atoms with Crippen molar-refractivity contribution < 1.29 is 9.18 Å². The Labute approximate surface area is 115 Å². The third-order valence-electron chi connectivity index (χ3n) is 5.72. The van der Waals surface area contributed by atoms with E-state index in [0.717, 1.165) is 17.8 Å². The minimum atomic E-state index is -1.69. The highest BCUT2D eigenvalue weighted by Gasteiger charge is 2.54. The number of carbonyl (C=O) groups excluding carboxylic acids is 1. The number of rotatable bonds is 3. The van der Waals surface area contributed by atoms with Gasteiger partial charge in [0.1, 0.15) is 0 Å². The zero-order chi connectivity index (χ0) is 13.8. The SMILES string of the molecule is CN(C)C(=O)C(C)(F)CC12CC3CC(CC(C3)C1)C2. The van der Waals surface area contributed by atoms with Crippen LogP contribution in [0.5, 0.6) is 0 Å². The van der Waals surface area contributed by atoms with Crippen molar-refractivity contribution in [1.29, 1.82) is 0 Å². The summed E-state index contributed by atoms with van der Waals surface area (Å²) in [4.78, 5) is 13.4. The van der Waals surface area contributed by atoms with E-state index < -0.39 is 5.67 Å². The molecule has 19 heavy (non-hydrogen) atoms. The van der Waals surface area contributed by atoms with E-state index in [4.69, 9.17) is 0 Å². The minimum Gasteiger partial charge on any atom is -0.346 e. The maximum atomic E-state index is 14.9. The Morgan fingerprint density at radius 1 is 1.16 bits per heavy atom. The van der Waals surface area contributed by atoms with Crippen molar-refractivity contribution in [1.82, 2.24) is 4.90 Å². The van der Waals surface area contributed by atoms with Crippen LogP contribution in [0.1, 0.15) is 51.9 Å². The van der Waals surface area contributed by atoms with E-state index in [-0.39, 0.29) is 11.3 Å². The summed E-state index contributed by atoms with van der Waals surface area (Å²) < 4.78 is 14.9. The van der Waals surface area contributed by atoms with E-state index in [9.17, 15) is 9.18 Å². The molecule has 0 saturated heterocycles. The molecule has 4 bridgehead atoms. The normalized spacial score (nSPS) is 43.1. The van der Waals surface area contributed by atoms with E-state index in [0.29, 0.717) is 6.42 Å². The first-order valence-corrected chi connectivity index (χ1v) is 7.70. The zero-order valence-electron chi connectivity index (χ0n) is 12.4. The fourth-order valence-corrected chi connectivity index (χ4v) is 5.75. The largest absolute Gasteiger partial charge is 0.346 e. The smallest absolute Gasteiger partial charge is 0.259 e. The van der Waals surface area contributed by atoms with Crippen molar-refractivity contribution in [3.05, 3.63) is 0 Å². The molecular weight excluding hydrogens is 241 g/mol. The predicted octanol–water partition coefficient (Wildman–Crippen LogP) is 3.41. The van der Waals surface area contributed by atoms with Gasteiger partial charge in [-0.15, -0.1) is 0 Å². The van der Waals surface area contributed by atoms with Crippen LogP contribution in [-0.2, 0) is 4.79 Å². The molecule has 0 aromatic carbocycles. The minimum absolute atomic E-state index is 0.129. The lowest BCUT2D eigenvalue weighted by Gasteiger charge is -2.58. The van der Waals surface area contributed by atoms with E-state index in [1.54, 1.807) is 14.1 Å². The summed E-state index contributed by atoms with van der Waals surface area (Å²) in [5.74, 6) is 2.09. The fourth-order valence-electron chi connectivity index (χ4n) is 5.75. The zero-order valence-corrected chi connectivity index (χ0v) is 12.4. The average molecular weight is 267 g/mol. The monoisotopic (exact) mass is 267 g/mol. The summed E-state index contributed by atoms with van der Waals surface area (Å²) in [6.07, 6.45) is 8.04. The Bertz CT molecular complexity index is 353. The van der Waals surface area contributed by atoms with Crippen LogP contribution in [-0.4, -0.2) is 30.6 Å². The molecule has 4 aliphatic carbocycles. The molecule has 4 saturated carbocycles. The van der Waals surface area contributed by atoms with Crippen LogP contribution in [0.3, 0.4) is 0 Å².